The number of hydrogen-bond acceptors (Lipinski definition) is 2. The summed E-state index contributed by atoms with van der Waals surface area (Å²) in [6.45, 7) is 0. The molecule has 0 amide bonds. The van der Waals surface area contributed by atoms with Gasteiger partial charge >= 0.3 is 0 Å². The molecule has 0 aliphatic heterocycles. The predicted molar refractivity (Wildman–Crippen MR) is 243 cm³/mol. The van der Waals surface area contributed by atoms with Crippen molar-refractivity contribution in [3.63, 3.8) is 0 Å². The van der Waals surface area contributed by atoms with Gasteiger partial charge in [-0.05, 0) is 113 Å². The lowest BCUT2D eigenvalue weighted by Gasteiger charge is -2.31. The molecule has 272 valence electrons. The zero-order chi connectivity index (χ0) is 38.4. The molecular weight excluding hydrogens is 717 g/mol. The molecule has 2 aromatic heterocycles. The molecule has 10 aromatic carbocycles. The lowest BCUT2D eigenvalue weighted by Crippen LogP contribution is -2.25. The molecule has 12 aromatic rings. The lowest BCUT2D eigenvalue weighted by atomic mass is 9.70. The van der Waals surface area contributed by atoms with Gasteiger partial charge in [-0.15, -0.1) is 0 Å². The first-order valence-electron chi connectivity index (χ1n) is 20.4. The summed E-state index contributed by atoms with van der Waals surface area (Å²) in [6, 6.07) is 71.2. The average Bonchev–Trinajstić information content (AvgIpc) is 4.03. The first kappa shape index (κ1) is 31.4. The van der Waals surface area contributed by atoms with Crippen molar-refractivity contribution >= 4 is 65.4 Å². The molecule has 59 heavy (non-hydrogen) atoms. The van der Waals surface area contributed by atoms with Crippen LogP contribution in [0.3, 0.4) is 0 Å². The first-order chi connectivity index (χ1) is 29.3. The van der Waals surface area contributed by atoms with Crippen LogP contribution in [0.5, 0.6) is 0 Å². The summed E-state index contributed by atoms with van der Waals surface area (Å²) in [5.41, 5.74) is 18.2. The molecular formula is C57H32O2. The molecule has 0 radical (unpaired) electrons. The third-order valence-electron chi connectivity index (χ3n) is 13.5. The maximum atomic E-state index is 7.17. The van der Waals surface area contributed by atoms with Gasteiger partial charge in [0.15, 0.2) is 0 Å². The van der Waals surface area contributed by atoms with Gasteiger partial charge in [-0.25, -0.2) is 0 Å². The van der Waals surface area contributed by atoms with Gasteiger partial charge in [0.2, 0.25) is 0 Å². The molecule has 2 aliphatic rings. The summed E-state index contributed by atoms with van der Waals surface area (Å²) in [5.74, 6) is 0. The highest BCUT2D eigenvalue weighted by atomic mass is 16.3. The second-order valence-electron chi connectivity index (χ2n) is 16.2. The van der Waals surface area contributed by atoms with Crippen LogP contribution >= 0.6 is 0 Å². The number of benzene rings is 10. The third-order valence-corrected chi connectivity index (χ3v) is 13.5. The standard InChI is InChI=1S/C57H32O2/c1-3-20-39-37(18-1)52(33-29-30-51-43(31-33)36-17-8-13-27-49(36)58-51)38-19-2-4-21-40(38)53(39)44-32-48-55(56-54(44)42-23-9-14-28-50(42)59-56)41-22-7-12-26-47(41)57(48)45-24-10-5-15-34(45)35-16-6-11-25-46(35)57/h1-32H. The van der Waals surface area contributed by atoms with Gasteiger partial charge in [0, 0.05) is 27.1 Å². The van der Waals surface area contributed by atoms with E-state index in [0.29, 0.717) is 0 Å². The summed E-state index contributed by atoms with van der Waals surface area (Å²) in [7, 11) is 0. The Hall–Kier alpha value is -7.68. The molecule has 0 N–H and O–H groups in total. The maximum Gasteiger partial charge on any atom is 0.144 e. The SMILES string of the molecule is c1ccc2c(c1)-c1ccccc1C21c2ccccc2-c2c1cc(-c1c3ccccc3c(-c3ccc4oc5ccccc5c4c3)c3ccccc13)c1c2oc2ccccc21. The quantitative estimate of drug-likeness (QED) is 0.165. The molecule has 0 atom stereocenters. The third kappa shape index (κ3) is 3.87. The fourth-order valence-corrected chi connectivity index (χ4v) is 11.3. The van der Waals surface area contributed by atoms with Gasteiger partial charge in [-0.3, -0.25) is 0 Å². The van der Waals surface area contributed by atoms with Crippen molar-refractivity contribution < 1.29 is 8.83 Å². The van der Waals surface area contributed by atoms with E-state index >= 15 is 0 Å². The van der Waals surface area contributed by atoms with Crippen LogP contribution in [0.15, 0.2) is 203 Å². The second kappa shape index (κ2) is 11.2. The van der Waals surface area contributed by atoms with Crippen molar-refractivity contribution in [3.05, 3.63) is 216 Å². The van der Waals surface area contributed by atoms with E-state index in [1.807, 2.05) is 6.07 Å². The molecule has 0 unspecified atom stereocenters. The largest absolute Gasteiger partial charge is 0.456 e. The predicted octanol–water partition coefficient (Wildman–Crippen LogP) is 15.5. The van der Waals surface area contributed by atoms with Gasteiger partial charge in [0.25, 0.3) is 0 Å². The minimum Gasteiger partial charge on any atom is -0.456 e. The Balaban J connectivity index is 1.16. The van der Waals surface area contributed by atoms with E-state index in [2.05, 4.69) is 188 Å². The summed E-state index contributed by atoms with van der Waals surface area (Å²) in [6.07, 6.45) is 0. The van der Waals surface area contributed by atoms with Gasteiger partial charge < -0.3 is 8.83 Å². The molecule has 2 heteroatoms. The van der Waals surface area contributed by atoms with E-state index in [-0.39, 0.29) is 0 Å². The average molecular weight is 749 g/mol. The molecule has 0 fully saturated rings. The van der Waals surface area contributed by atoms with Crippen molar-refractivity contribution in [1.82, 2.24) is 0 Å². The Bertz CT molecular complexity index is 3700. The molecule has 2 heterocycles. The van der Waals surface area contributed by atoms with Crippen LogP contribution in [0.2, 0.25) is 0 Å². The Morgan fingerprint density at radius 3 is 1.41 bits per heavy atom. The summed E-state index contributed by atoms with van der Waals surface area (Å²) in [4.78, 5) is 0. The fraction of sp³-hybridized carbons (Fsp3) is 0.0175. The van der Waals surface area contributed by atoms with Crippen LogP contribution in [0.1, 0.15) is 22.3 Å². The smallest absolute Gasteiger partial charge is 0.144 e. The van der Waals surface area contributed by atoms with Crippen molar-refractivity contribution in [2.24, 2.45) is 0 Å². The Morgan fingerprint density at radius 1 is 0.288 bits per heavy atom. The normalized spacial score (nSPS) is 13.6. The minimum atomic E-state index is -0.518. The highest BCUT2D eigenvalue weighted by molar-refractivity contribution is 6.28. The van der Waals surface area contributed by atoms with Gasteiger partial charge in [0.05, 0.1) is 5.41 Å². The van der Waals surface area contributed by atoms with E-state index in [1.54, 1.807) is 0 Å². The monoisotopic (exact) mass is 748 g/mol. The Morgan fingerprint density at radius 2 is 0.763 bits per heavy atom. The molecule has 0 bridgehead atoms. The second-order valence-corrected chi connectivity index (χ2v) is 16.2. The number of para-hydroxylation sites is 2. The number of furan rings is 2. The summed E-state index contributed by atoms with van der Waals surface area (Å²) in [5, 5.41) is 9.38. The fourth-order valence-electron chi connectivity index (χ4n) is 11.3. The first-order valence-corrected chi connectivity index (χ1v) is 20.4. The zero-order valence-corrected chi connectivity index (χ0v) is 31.8. The van der Waals surface area contributed by atoms with Crippen LogP contribution in [0.25, 0.3) is 110 Å². The highest BCUT2D eigenvalue weighted by Crippen LogP contribution is 2.65. The number of hydrogen-bond donors (Lipinski definition) is 0. The van der Waals surface area contributed by atoms with Crippen molar-refractivity contribution in [2.45, 2.75) is 5.41 Å². The molecule has 1 spiro atoms. The number of fused-ring (bicyclic) bond motifs is 19. The van der Waals surface area contributed by atoms with E-state index in [4.69, 9.17) is 8.83 Å². The van der Waals surface area contributed by atoms with Crippen LogP contribution in [-0.4, -0.2) is 0 Å². The van der Waals surface area contributed by atoms with Crippen LogP contribution < -0.4 is 0 Å². The minimum absolute atomic E-state index is 0.518. The van der Waals surface area contributed by atoms with E-state index in [1.165, 1.54) is 88.3 Å². The van der Waals surface area contributed by atoms with Gasteiger partial charge in [-0.1, -0.05) is 164 Å². The van der Waals surface area contributed by atoms with Crippen LogP contribution in [-0.2, 0) is 5.41 Å². The molecule has 0 saturated carbocycles. The molecule has 2 aliphatic carbocycles. The van der Waals surface area contributed by atoms with Crippen molar-refractivity contribution in [3.8, 4) is 44.5 Å². The molecule has 2 nitrogen and oxygen atoms in total. The van der Waals surface area contributed by atoms with Crippen LogP contribution in [0.4, 0.5) is 0 Å². The summed E-state index contributed by atoms with van der Waals surface area (Å²) < 4.78 is 13.5. The van der Waals surface area contributed by atoms with Gasteiger partial charge in [-0.2, -0.15) is 0 Å². The molecule has 0 saturated heterocycles. The Labute approximate surface area is 339 Å². The maximum absolute atomic E-state index is 7.17. The van der Waals surface area contributed by atoms with Gasteiger partial charge in [0.1, 0.15) is 22.3 Å². The van der Waals surface area contributed by atoms with Crippen LogP contribution in [0, 0.1) is 0 Å². The molecule has 14 rings (SSSR count). The number of rotatable bonds is 2. The van der Waals surface area contributed by atoms with Crippen molar-refractivity contribution in [2.75, 3.05) is 0 Å². The van der Waals surface area contributed by atoms with E-state index in [9.17, 15) is 0 Å². The van der Waals surface area contributed by atoms with E-state index < -0.39 is 5.41 Å². The summed E-state index contributed by atoms with van der Waals surface area (Å²) >= 11 is 0. The van der Waals surface area contributed by atoms with Crippen molar-refractivity contribution in [1.29, 1.82) is 0 Å². The Kier molecular flexibility index (Phi) is 5.99. The topological polar surface area (TPSA) is 26.3 Å². The highest BCUT2D eigenvalue weighted by Gasteiger charge is 2.52. The zero-order valence-electron chi connectivity index (χ0n) is 31.8. The lowest BCUT2D eigenvalue weighted by molar-refractivity contribution is 0.668. The van der Waals surface area contributed by atoms with E-state index in [0.717, 1.165) is 43.9 Å².